The number of aromatic nitrogens is 4. The molecule has 1 amide bonds. The molecule has 2 atom stereocenters. The summed E-state index contributed by atoms with van der Waals surface area (Å²) in [7, 11) is 0. The summed E-state index contributed by atoms with van der Waals surface area (Å²) in [6.45, 7) is 3.61. The van der Waals surface area contributed by atoms with Crippen LogP contribution in [0.5, 0.6) is 0 Å². The van der Waals surface area contributed by atoms with Crippen LogP contribution >= 0.6 is 15.9 Å². The van der Waals surface area contributed by atoms with Crippen LogP contribution in [0, 0.1) is 17.2 Å². The van der Waals surface area contributed by atoms with Crippen molar-refractivity contribution in [3.05, 3.63) is 46.5 Å². The largest absolute Gasteiger partial charge is 0.378 e. The topological polar surface area (TPSA) is 125 Å². The van der Waals surface area contributed by atoms with Crippen LogP contribution in [0.4, 0.5) is 11.6 Å². The van der Waals surface area contributed by atoms with Crippen LogP contribution in [-0.2, 0) is 0 Å². The van der Waals surface area contributed by atoms with E-state index in [4.69, 9.17) is 11.0 Å². The van der Waals surface area contributed by atoms with Crippen LogP contribution in [0.25, 0.3) is 5.52 Å². The lowest BCUT2D eigenvalue weighted by atomic mass is 9.97. The molecular formula is C20H21BrN8O. The molecule has 4 rings (SSSR count). The number of carbonyl (C=O) groups excluding carboxylic acids is 1. The average Bonchev–Trinajstić information content (AvgIpc) is 3.31. The van der Waals surface area contributed by atoms with Crippen LogP contribution in [0.1, 0.15) is 35.7 Å². The highest BCUT2D eigenvalue weighted by Gasteiger charge is 2.34. The van der Waals surface area contributed by atoms with E-state index in [2.05, 4.69) is 48.1 Å². The van der Waals surface area contributed by atoms with Crippen LogP contribution in [0.2, 0.25) is 0 Å². The quantitative estimate of drug-likeness (QED) is 0.569. The van der Waals surface area contributed by atoms with Gasteiger partial charge in [0.15, 0.2) is 0 Å². The molecule has 1 aliphatic rings. The van der Waals surface area contributed by atoms with E-state index in [0.29, 0.717) is 35.2 Å². The number of nitrogens with one attached hydrogen (secondary N) is 1. The molecule has 1 aliphatic heterocycles. The van der Waals surface area contributed by atoms with Gasteiger partial charge >= 0.3 is 0 Å². The van der Waals surface area contributed by atoms with Crippen LogP contribution in [0.15, 0.2) is 35.3 Å². The summed E-state index contributed by atoms with van der Waals surface area (Å²) in [6.07, 6.45) is 8.45. The molecule has 154 valence electrons. The molecule has 0 unspecified atom stereocenters. The molecule has 3 aromatic heterocycles. The first-order valence-corrected chi connectivity index (χ1v) is 10.5. The van der Waals surface area contributed by atoms with Crippen molar-refractivity contribution >= 4 is 39.0 Å². The zero-order valence-electron chi connectivity index (χ0n) is 16.4. The van der Waals surface area contributed by atoms with Crippen LogP contribution in [-0.4, -0.2) is 44.6 Å². The van der Waals surface area contributed by atoms with Gasteiger partial charge < -0.3 is 16.0 Å². The maximum absolute atomic E-state index is 12.1. The minimum absolute atomic E-state index is 0.0715. The first kappa shape index (κ1) is 20.1. The van der Waals surface area contributed by atoms with Gasteiger partial charge in [0.2, 0.25) is 5.95 Å². The molecule has 10 heteroatoms. The van der Waals surface area contributed by atoms with E-state index in [-0.39, 0.29) is 6.04 Å². The smallest absolute Gasteiger partial charge is 0.252 e. The van der Waals surface area contributed by atoms with Gasteiger partial charge in [-0.1, -0.05) is 13.3 Å². The van der Waals surface area contributed by atoms with Gasteiger partial charge in [0, 0.05) is 29.8 Å². The van der Waals surface area contributed by atoms with E-state index in [1.165, 1.54) is 18.6 Å². The summed E-state index contributed by atoms with van der Waals surface area (Å²) in [5, 5.41) is 16.8. The van der Waals surface area contributed by atoms with Gasteiger partial charge in [-0.15, -0.1) is 0 Å². The number of halogens is 1. The Labute approximate surface area is 182 Å². The average molecular weight is 469 g/mol. The van der Waals surface area contributed by atoms with Crippen LogP contribution in [0.3, 0.4) is 0 Å². The van der Waals surface area contributed by atoms with Gasteiger partial charge in [0.25, 0.3) is 5.91 Å². The third-order valence-electron chi connectivity index (χ3n) is 5.35. The molecular weight excluding hydrogens is 448 g/mol. The van der Waals surface area contributed by atoms with Gasteiger partial charge in [-0.3, -0.25) is 4.79 Å². The number of carbonyl (C=O) groups is 1. The molecule has 3 N–H and O–H groups in total. The Morgan fingerprint density at radius 3 is 2.80 bits per heavy atom. The number of hydrogen-bond acceptors (Lipinski definition) is 7. The van der Waals surface area contributed by atoms with Gasteiger partial charge in [-0.25, -0.2) is 14.5 Å². The lowest BCUT2D eigenvalue weighted by Crippen LogP contribution is -2.31. The molecule has 30 heavy (non-hydrogen) atoms. The fourth-order valence-electron chi connectivity index (χ4n) is 3.95. The minimum atomic E-state index is -0.526. The number of amides is 1. The Kier molecular flexibility index (Phi) is 5.55. The molecule has 0 aliphatic carbocycles. The summed E-state index contributed by atoms with van der Waals surface area (Å²) >= 11 is 3.47. The first-order valence-electron chi connectivity index (χ1n) is 9.70. The van der Waals surface area contributed by atoms with Crippen molar-refractivity contribution in [3.63, 3.8) is 0 Å². The van der Waals surface area contributed by atoms with E-state index >= 15 is 0 Å². The minimum Gasteiger partial charge on any atom is -0.378 e. The Hall–Kier alpha value is -3.19. The van der Waals surface area contributed by atoms with Crippen molar-refractivity contribution < 1.29 is 4.79 Å². The van der Waals surface area contributed by atoms with Crippen molar-refractivity contribution in [2.75, 3.05) is 23.3 Å². The van der Waals surface area contributed by atoms with E-state index in [1.54, 1.807) is 4.52 Å². The normalized spacial score (nSPS) is 18.5. The summed E-state index contributed by atoms with van der Waals surface area (Å²) in [6, 6.07) is 4.02. The standard InChI is InChI=1S/C20H21BrN8O/c1-2-3-13-9-28(20-24-6-12(5-22)7-25-20)11-16(13)27-18-15(19(23)30)8-26-29-10-14(21)4-17(18)29/h4,6-8,10,13,16,27H,2-3,9,11H2,1H3,(H2,23,30)/t13-,16+/m0/s1. The number of nitriles is 1. The maximum atomic E-state index is 12.1. The monoisotopic (exact) mass is 468 g/mol. The number of fused-ring (bicyclic) bond motifs is 1. The van der Waals surface area contributed by atoms with E-state index in [0.717, 1.165) is 29.4 Å². The van der Waals surface area contributed by atoms with Gasteiger partial charge in [0.05, 0.1) is 40.9 Å². The number of hydrogen-bond donors (Lipinski definition) is 2. The van der Waals surface area contributed by atoms with E-state index in [9.17, 15) is 4.79 Å². The molecule has 1 fully saturated rings. The van der Waals surface area contributed by atoms with Gasteiger partial charge in [-0.05, 0) is 34.3 Å². The molecule has 3 aromatic rings. The fraction of sp³-hybridized carbons (Fsp3) is 0.350. The molecule has 0 bridgehead atoms. The third kappa shape index (κ3) is 3.80. The second kappa shape index (κ2) is 8.28. The lowest BCUT2D eigenvalue weighted by Gasteiger charge is -2.22. The highest BCUT2D eigenvalue weighted by molar-refractivity contribution is 9.10. The van der Waals surface area contributed by atoms with Crippen molar-refractivity contribution in [1.82, 2.24) is 19.6 Å². The maximum Gasteiger partial charge on any atom is 0.252 e. The Morgan fingerprint density at radius 1 is 1.37 bits per heavy atom. The lowest BCUT2D eigenvalue weighted by molar-refractivity contribution is 0.100. The summed E-state index contributed by atoms with van der Waals surface area (Å²) in [5.41, 5.74) is 7.88. The molecule has 1 saturated heterocycles. The molecule has 0 radical (unpaired) electrons. The highest BCUT2D eigenvalue weighted by atomic mass is 79.9. The second-order valence-corrected chi connectivity index (χ2v) is 8.29. The van der Waals surface area contributed by atoms with E-state index in [1.807, 2.05) is 18.3 Å². The second-order valence-electron chi connectivity index (χ2n) is 7.37. The number of nitrogens with zero attached hydrogens (tertiary/aromatic N) is 6. The molecule has 0 spiro atoms. The Balaban J connectivity index is 1.66. The zero-order chi connectivity index (χ0) is 21.3. The predicted octanol–water partition coefficient (Wildman–Crippen LogP) is 2.57. The fourth-order valence-corrected chi connectivity index (χ4v) is 4.36. The van der Waals surface area contributed by atoms with Gasteiger partial charge in [-0.2, -0.15) is 10.4 Å². The SMILES string of the molecule is CCC[C@H]1CN(c2ncc(C#N)cn2)C[C@H]1Nc1c(C(N)=O)cnn2cc(Br)cc12. The van der Waals surface area contributed by atoms with E-state index < -0.39 is 5.91 Å². The molecule has 0 saturated carbocycles. The zero-order valence-corrected chi connectivity index (χ0v) is 18.0. The molecule has 0 aromatic carbocycles. The third-order valence-corrected chi connectivity index (χ3v) is 5.78. The highest BCUT2D eigenvalue weighted by Crippen LogP contribution is 2.31. The van der Waals surface area contributed by atoms with Crippen molar-refractivity contribution in [1.29, 1.82) is 5.26 Å². The number of nitrogens with two attached hydrogens (primary N) is 1. The Morgan fingerprint density at radius 2 is 2.13 bits per heavy atom. The van der Waals surface area contributed by atoms with Crippen molar-refractivity contribution in [2.45, 2.75) is 25.8 Å². The first-order chi connectivity index (χ1) is 14.5. The number of anilines is 2. The molecule has 9 nitrogen and oxygen atoms in total. The van der Waals surface area contributed by atoms with Gasteiger partial charge in [0.1, 0.15) is 6.07 Å². The number of primary amides is 1. The number of rotatable bonds is 6. The summed E-state index contributed by atoms with van der Waals surface area (Å²) in [4.78, 5) is 22.8. The Bertz CT molecular complexity index is 1120. The summed E-state index contributed by atoms with van der Waals surface area (Å²) < 4.78 is 2.58. The summed E-state index contributed by atoms with van der Waals surface area (Å²) in [5.74, 6) is 0.406. The van der Waals surface area contributed by atoms with Crippen molar-refractivity contribution in [3.8, 4) is 6.07 Å². The molecule has 4 heterocycles. The predicted molar refractivity (Wildman–Crippen MR) is 116 cm³/mol. The van der Waals surface area contributed by atoms with Crippen molar-refractivity contribution in [2.24, 2.45) is 11.7 Å². The van der Waals surface area contributed by atoms with Crippen LogP contribution < -0.4 is 16.0 Å².